The molecule has 0 radical (unpaired) electrons. The number of methoxy groups -OCH3 is 2. The quantitative estimate of drug-likeness (QED) is 0.538. The SMILES string of the molecule is C=CC1CC[C@H]2CCCC[C@@]12C(OC)OC. The Labute approximate surface area is 99.0 Å². The van der Waals surface area contributed by atoms with Gasteiger partial charge in [0.15, 0.2) is 6.29 Å². The molecule has 0 bridgehead atoms. The smallest absolute Gasteiger partial charge is 0.163 e. The molecule has 0 spiro atoms. The van der Waals surface area contributed by atoms with E-state index in [0.717, 1.165) is 5.92 Å². The third-order valence-corrected chi connectivity index (χ3v) is 4.84. The largest absolute Gasteiger partial charge is 0.355 e. The summed E-state index contributed by atoms with van der Waals surface area (Å²) >= 11 is 0. The van der Waals surface area contributed by atoms with Gasteiger partial charge in [0.05, 0.1) is 0 Å². The molecule has 1 unspecified atom stereocenters. The van der Waals surface area contributed by atoms with Crippen molar-refractivity contribution in [2.75, 3.05) is 14.2 Å². The zero-order chi connectivity index (χ0) is 11.6. The zero-order valence-electron chi connectivity index (χ0n) is 10.6. The predicted molar refractivity (Wildman–Crippen MR) is 65.1 cm³/mol. The molecule has 2 nitrogen and oxygen atoms in total. The highest BCUT2D eigenvalue weighted by Gasteiger charge is 2.55. The van der Waals surface area contributed by atoms with Crippen LogP contribution < -0.4 is 0 Å². The van der Waals surface area contributed by atoms with Crippen molar-refractivity contribution in [3.63, 3.8) is 0 Å². The summed E-state index contributed by atoms with van der Waals surface area (Å²) in [6.07, 6.45) is 9.92. The molecule has 2 aliphatic carbocycles. The van der Waals surface area contributed by atoms with E-state index in [0.29, 0.717) is 5.92 Å². The van der Waals surface area contributed by atoms with Crippen LogP contribution in [0.5, 0.6) is 0 Å². The molecule has 0 aromatic heterocycles. The topological polar surface area (TPSA) is 18.5 Å². The van der Waals surface area contributed by atoms with Crippen molar-refractivity contribution in [2.24, 2.45) is 17.3 Å². The molecule has 2 fully saturated rings. The van der Waals surface area contributed by atoms with Gasteiger partial charge in [0, 0.05) is 19.6 Å². The van der Waals surface area contributed by atoms with Gasteiger partial charge in [0.25, 0.3) is 0 Å². The van der Waals surface area contributed by atoms with Crippen LogP contribution in [0.2, 0.25) is 0 Å². The average molecular weight is 224 g/mol. The Bertz CT molecular complexity index is 247. The van der Waals surface area contributed by atoms with E-state index >= 15 is 0 Å². The van der Waals surface area contributed by atoms with Gasteiger partial charge in [-0.2, -0.15) is 0 Å². The Morgan fingerprint density at radius 1 is 1.19 bits per heavy atom. The van der Waals surface area contributed by atoms with Crippen molar-refractivity contribution in [3.8, 4) is 0 Å². The second-order valence-electron chi connectivity index (χ2n) is 5.28. The second kappa shape index (κ2) is 4.89. The molecule has 2 rings (SSSR count). The predicted octanol–water partition coefficient (Wildman–Crippen LogP) is 3.38. The van der Waals surface area contributed by atoms with Gasteiger partial charge in [-0.3, -0.25) is 0 Å². The molecule has 0 N–H and O–H groups in total. The maximum absolute atomic E-state index is 5.61. The van der Waals surface area contributed by atoms with Crippen LogP contribution in [0.25, 0.3) is 0 Å². The molecular weight excluding hydrogens is 200 g/mol. The second-order valence-corrected chi connectivity index (χ2v) is 5.28. The molecule has 0 heterocycles. The van der Waals surface area contributed by atoms with Gasteiger partial charge in [-0.15, -0.1) is 6.58 Å². The van der Waals surface area contributed by atoms with Gasteiger partial charge in [-0.05, 0) is 37.5 Å². The summed E-state index contributed by atoms with van der Waals surface area (Å²) < 4.78 is 11.2. The van der Waals surface area contributed by atoms with Crippen LogP contribution in [-0.4, -0.2) is 20.5 Å². The summed E-state index contributed by atoms with van der Waals surface area (Å²) in [5.41, 5.74) is 0.212. The average Bonchev–Trinajstić information content (AvgIpc) is 2.70. The fourth-order valence-electron chi connectivity index (χ4n) is 4.20. The Morgan fingerprint density at radius 3 is 2.56 bits per heavy atom. The lowest BCUT2D eigenvalue weighted by molar-refractivity contribution is -0.208. The van der Waals surface area contributed by atoms with Gasteiger partial charge in [-0.25, -0.2) is 0 Å². The molecule has 0 aromatic carbocycles. The first kappa shape index (κ1) is 12.1. The van der Waals surface area contributed by atoms with Crippen LogP contribution >= 0.6 is 0 Å². The number of hydrogen-bond donors (Lipinski definition) is 0. The van der Waals surface area contributed by atoms with Crippen molar-refractivity contribution in [2.45, 2.75) is 44.8 Å². The lowest BCUT2D eigenvalue weighted by Crippen LogP contribution is -2.46. The standard InChI is InChI=1S/C14H24O2/c1-4-11-8-9-12-7-5-6-10-14(11,12)13(15-2)16-3/h4,11-13H,1,5-10H2,2-3H3/t11?,12-,14-/m1/s1. The van der Waals surface area contributed by atoms with Crippen LogP contribution in [0.1, 0.15) is 38.5 Å². The third kappa shape index (κ3) is 1.63. The van der Waals surface area contributed by atoms with Crippen LogP contribution in [0.15, 0.2) is 12.7 Å². The van der Waals surface area contributed by atoms with E-state index in [4.69, 9.17) is 9.47 Å². The fourth-order valence-corrected chi connectivity index (χ4v) is 4.20. The van der Waals surface area contributed by atoms with E-state index in [1.807, 2.05) is 0 Å². The van der Waals surface area contributed by atoms with Gasteiger partial charge in [0.1, 0.15) is 0 Å². The van der Waals surface area contributed by atoms with Crippen molar-refractivity contribution in [1.82, 2.24) is 0 Å². The Hall–Kier alpha value is -0.340. The van der Waals surface area contributed by atoms with Crippen molar-refractivity contribution >= 4 is 0 Å². The van der Waals surface area contributed by atoms with Crippen LogP contribution in [0, 0.1) is 17.3 Å². The van der Waals surface area contributed by atoms with Crippen LogP contribution in [0.4, 0.5) is 0 Å². The summed E-state index contributed by atoms with van der Waals surface area (Å²) in [5.74, 6) is 1.34. The van der Waals surface area contributed by atoms with Crippen LogP contribution in [0.3, 0.4) is 0 Å². The molecular formula is C14H24O2. The minimum absolute atomic E-state index is 0.0525. The number of ether oxygens (including phenoxy) is 2. The maximum Gasteiger partial charge on any atom is 0.163 e. The first-order chi connectivity index (χ1) is 7.79. The van der Waals surface area contributed by atoms with E-state index in [2.05, 4.69) is 12.7 Å². The first-order valence-electron chi connectivity index (χ1n) is 6.47. The minimum atomic E-state index is -0.0525. The normalized spacial score (nSPS) is 38.7. The Kier molecular flexibility index (Phi) is 3.70. The Balaban J connectivity index is 2.30. The number of rotatable bonds is 4. The van der Waals surface area contributed by atoms with E-state index in [1.54, 1.807) is 14.2 Å². The van der Waals surface area contributed by atoms with E-state index in [1.165, 1.54) is 38.5 Å². The third-order valence-electron chi connectivity index (χ3n) is 4.84. The molecule has 2 saturated carbocycles. The molecule has 0 aliphatic heterocycles. The first-order valence-corrected chi connectivity index (χ1v) is 6.47. The minimum Gasteiger partial charge on any atom is -0.355 e. The monoisotopic (exact) mass is 224 g/mol. The zero-order valence-corrected chi connectivity index (χ0v) is 10.6. The van der Waals surface area contributed by atoms with E-state index in [-0.39, 0.29) is 11.7 Å². The summed E-state index contributed by atoms with van der Waals surface area (Å²) in [6, 6.07) is 0. The summed E-state index contributed by atoms with van der Waals surface area (Å²) in [4.78, 5) is 0. The molecule has 0 amide bonds. The molecule has 92 valence electrons. The lowest BCUT2D eigenvalue weighted by atomic mass is 9.63. The summed E-state index contributed by atoms with van der Waals surface area (Å²) in [7, 11) is 3.54. The van der Waals surface area contributed by atoms with Gasteiger partial charge >= 0.3 is 0 Å². The molecule has 0 saturated heterocycles. The number of allylic oxidation sites excluding steroid dienone is 1. The summed E-state index contributed by atoms with van der Waals surface area (Å²) in [5, 5.41) is 0. The van der Waals surface area contributed by atoms with E-state index < -0.39 is 0 Å². The highest BCUT2D eigenvalue weighted by Crippen LogP contribution is 2.58. The highest BCUT2D eigenvalue weighted by atomic mass is 16.7. The van der Waals surface area contributed by atoms with Crippen molar-refractivity contribution < 1.29 is 9.47 Å². The van der Waals surface area contributed by atoms with Gasteiger partial charge in [0.2, 0.25) is 0 Å². The molecule has 2 aliphatic rings. The van der Waals surface area contributed by atoms with Gasteiger partial charge in [-0.1, -0.05) is 18.9 Å². The van der Waals surface area contributed by atoms with Crippen molar-refractivity contribution in [1.29, 1.82) is 0 Å². The molecule has 0 aromatic rings. The molecule has 2 heteroatoms. The Morgan fingerprint density at radius 2 is 1.94 bits per heavy atom. The van der Waals surface area contributed by atoms with Crippen molar-refractivity contribution in [3.05, 3.63) is 12.7 Å². The van der Waals surface area contributed by atoms with E-state index in [9.17, 15) is 0 Å². The molecule has 3 atom stereocenters. The number of hydrogen-bond acceptors (Lipinski definition) is 2. The molecule has 16 heavy (non-hydrogen) atoms. The fraction of sp³-hybridized carbons (Fsp3) is 0.857. The summed E-state index contributed by atoms with van der Waals surface area (Å²) in [6.45, 7) is 4.02. The number of fused-ring (bicyclic) bond motifs is 1. The lowest BCUT2D eigenvalue weighted by Gasteiger charge is -2.46. The van der Waals surface area contributed by atoms with Gasteiger partial charge < -0.3 is 9.47 Å². The van der Waals surface area contributed by atoms with Crippen LogP contribution in [-0.2, 0) is 9.47 Å². The maximum atomic E-state index is 5.61. The highest BCUT2D eigenvalue weighted by molar-refractivity contribution is 5.07.